The van der Waals surface area contributed by atoms with Crippen LogP contribution in [0.4, 0.5) is 0 Å². The van der Waals surface area contributed by atoms with Crippen LogP contribution in [0.2, 0.25) is 21.0 Å². The van der Waals surface area contributed by atoms with Gasteiger partial charge in [0.1, 0.15) is 0 Å². The summed E-state index contributed by atoms with van der Waals surface area (Å²) in [7, 11) is 0. The van der Waals surface area contributed by atoms with E-state index in [0.717, 1.165) is 21.7 Å². The molecular formula is C29H45Ge2N2. The van der Waals surface area contributed by atoms with Crippen molar-refractivity contribution in [3.8, 4) is 0 Å². The molecule has 4 heteroatoms. The van der Waals surface area contributed by atoms with Crippen molar-refractivity contribution in [2.24, 2.45) is 3.95 Å². The molecule has 2 aliphatic rings. The molecule has 0 amide bonds. The zero-order chi connectivity index (χ0) is 24.7. The van der Waals surface area contributed by atoms with Crippen molar-refractivity contribution in [1.29, 1.82) is 5.41 Å². The van der Waals surface area contributed by atoms with Gasteiger partial charge in [-0.3, -0.25) is 0 Å². The number of hydrogen-bond acceptors (Lipinski definition) is 2. The summed E-state index contributed by atoms with van der Waals surface area (Å²) < 4.78 is 6.15. The van der Waals surface area contributed by atoms with Gasteiger partial charge in [0.15, 0.2) is 0 Å². The molecule has 1 aromatic carbocycles. The molecule has 0 bridgehead atoms. The maximum atomic E-state index is 7.82. The van der Waals surface area contributed by atoms with Crippen LogP contribution in [0, 0.1) is 19.3 Å². The van der Waals surface area contributed by atoms with E-state index in [9.17, 15) is 0 Å². The number of nitrogens with one attached hydrogen (secondary N) is 1. The fraction of sp³-hybridized carbons (Fsp3) is 0.621. The second kappa shape index (κ2) is 10.4. The summed E-state index contributed by atoms with van der Waals surface area (Å²) in [5, 5.41) is 12.9. The number of rotatable bonds is 9. The fourth-order valence-electron chi connectivity index (χ4n) is 7.47. The molecule has 179 valence electrons. The third-order valence-corrected chi connectivity index (χ3v) is 26.0. The molecule has 1 radical (unpaired) electrons. The van der Waals surface area contributed by atoms with Gasteiger partial charge in [-0.1, -0.05) is 0 Å². The van der Waals surface area contributed by atoms with E-state index in [1.807, 2.05) is 0 Å². The summed E-state index contributed by atoms with van der Waals surface area (Å²) in [4.78, 5) is 0. The van der Waals surface area contributed by atoms with Gasteiger partial charge in [0.2, 0.25) is 0 Å². The Hall–Kier alpha value is -0.834. The van der Waals surface area contributed by atoms with Gasteiger partial charge in [0, 0.05) is 0 Å². The first-order valence-corrected chi connectivity index (χ1v) is 22.6. The number of allylic oxidation sites excluding steroid dienone is 4. The molecule has 2 nitrogen and oxygen atoms in total. The Balaban J connectivity index is 2.46. The monoisotopic (exact) mass is 569 g/mol. The Morgan fingerprint density at radius 1 is 0.788 bits per heavy atom. The van der Waals surface area contributed by atoms with Crippen molar-refractivity contribution in [1.82, 2.24) is 0 Å². The van der Waals surface area contributed by atoms with E-state index in [1.54, 1.807) is 50.1 Å². The van der Waals surface area contributed by atoms with E-state index in [0.29, 0.717) is 4.75 Å². The van der Waals surface area contributed by atoms with Gasteiger partial charge in [-0.15, -0.1) is 0 Å². The molecule has 0 fully saturated rings. The van der Waals surface area contributed by atoms with Crippen molar-refractivity contribution in [3.05, 3.63) is 44.5 Å². The molecule has 0 aromatic heterocycles. The first-order chi connectivity index (χ1) is 15.7. The summed E-state index contributed by atoms with van der Waals surface area (Å²) in [6.45, 7) is 24.0. The molecule has 3 rings (SSSR count). The molecule has 0 aliphatic heterocycles. The zero-order valence-electron chi connectivity index (χ0n) is 22.8. The number of nitrogens with zero attached hydrogens (tertiary/aromatic N) is 1. The van der Waals surface area contributed by atoms with Crippen molar-refractivity contribution in [2.45, 2.75) is 113 Å². The summed E-state index contributed by atoms with van der Waals surface area (Å²) >= 11 is -3.98. The Morgan fingerprint density at radius 3 is 1.73 bits per heavy atom. The molecule has 2 unspecified atom stereocenters. The molecule has 2 atom stereocenters. The number of fused-ring (bicyclic) bond motifs is 2. The van der Waals surface area contributed by atoms with Gasteiger partial charge in [0.05, 0.1) is 0 Å². The van der Waals surface area contributed by atoms with Gasteiger partial charge >= 0.3 is 211 Å². The van der Waals surface area contributed by atoms with Crippen LogP contribution >= 0.6 is 0 Å². The predicted molar refractivity (Wildman–Crippen MR) is 151 cm³/mol. The van der Waals surface area contributed by atoms with Gasteiger partial charge in [-0.2, -0.15) is 0 Å². The molecule has 0 spiro atoms. The second-order valence-electron chi connectivity index (χ2n) is 10.1. The SMILES string of the molecule is CCC1=C(C)c2c(C)c3c(c(C)c2[CH]1[Ge]([CH2]C)[CH2]C)C(C)=C(CC)[CH]3[Ge]([CH2]C)([CH2]C)[N]=C=N. The van der Waals surface area contributed by atoms with Gasteiger partial charge in [0.25, 0.3) is 0 Å². The van der Waals surface area contributed by atoms with Crippen LogP contribution in [0.1, 0.15) is 111 Å². The minimum atomic E-state index is -2.75. The normalized spacial score (nSPS) is 20.0. The van der Waals surface area contributed by atoms with E-state index in [4.69, 9.17) is 9.36 Å². The third-order valence-electron chi connectivity index (χ3n) is 9.20. The van der Waals surface area contributed by atoms with Crippen LogP contribution in [-0.2, 0) is 0 Å². The van der Waals surface area contributed by atoms with E-state index >= 15 is 0 Å². The molecule has 2 aliphatic carbocycles. The van der Waals surface area contributed by atoms with Crippen molar-refractivity contribution < 1.29 is 0 Å². The Kier molecular flexibility index (Phi) is 8.45. The maximum absolute atomic E-state index is 7.82. The van der Waals surface area contributed by atoms with Crippen LogP contribution in [-0.4, -0.2) is 33.8 Å². The fourth-order valence-corrected chi connectivity index (χ4v) is 22.1. The van der Waals surface area contributed by atoms with Crippen molar-refractivity contribution in [2.75, 3.05) is 0 Å². The summed E-state index contributed by atoms with van der Waals surface area (Å²) in [6, 6.07) is 2.56. The quantitative estimate of drug-likeness (QED) is 0.228. The van der Waals surface area contributed by atoms with Crippen LogP contribution in [0.25, 0.3) is 11.1 Å². The standard InChI is InChI=1S/C29H45Ge2N2/c1-11-22-18(7)24-21(10)27-25(20(9)26(24)28(22)30(13-3)14-4)19(8)23(12-2)29(27)31(15-5,16-6)33-17-32/h28-29,32H,11-16H2,1-10H3. The van der Waals surface area contributed by atoms with Crippen LogP contribution in [0.15, 0.2) is 15.1 Å². The zero-order valence-corrected chi connectivity index (χ0v) is 27.0. The van der Waals surface area contributed by atoms with Gasteiger partial charge in [-0.25, -0.2) is 0 Å². The summed E-state index contributed by atoms with van der Waals surface area (Å²) in [5.74, 6) is 0. The average molecular weight is 567 g/mol. The van der Waals surface area contributed by atoms with E-state index in [1.165, 1.54) is 22.5 Å². The first-order valence-electron chi connectivity index (χ1n) is 13.3. The molecule has 33 heavy (non-hydrogen) atoms. The third kappa shape index (κ3) is 3.83. The van der Waals surface area contributed by atoms with Gasteiger partial charge < -0.3 is 0 Å². The summed E-state index contributed by atoms with van der Waals surface area (Å²) in [6.07, 6.45) is 2.28. The molecule has 0 saturated heterocycles. The van der Waals surface area contributed by atoms with E-state index in [-0.39, 0.29) is 0 Å². The first kappa shape index (κ1) is 26.8. The Morgan fingerprint density at radius 2 is 1.27 bits per heavy atom. The van der Waals surface area contributed by atoms with E-state index < -0.39 is 27.8 Å². The molecular weight excluding hydrogens is 522 g/mol. The second-order valence-corrected chi connectivity index (χ2v) is 26.3. The van der Waals surface area contributed by atoms with Crippen LogP contribution in [0.5, 0.6) is 0 Å². The predicted octanol–water partition coefficient (Wildman–Crippen LogP) is 9.22. The Labute approximate surface area is 210 Å². The molecule has 1 aromatic rings. The number of benzene rings is 1. The van der Waals surface area contributed by atoms with E-state index in [2.05, 4.69) is 75.2 Å². The average Bonchev–Trinajstić information content (AvgIpc) is 3.29. The number of hydrogen-bond donors (Lipinski definition) is 1. The van der Waals surface area contributed by atoms with Gasteiger partial charge in [-0.05, 0) is 0 Å². The summed E-state index contributed by atoms with van der Waals surface area (Å²) in [5.41, 5.74) is 16.1. The molecule has 1 N–H and O–H groups in total. The van der Waals surface area contributed by atoms with Crippen LogP contribution in [0.3, 0.4) is 0 Å². The molecule has 0 heterocycles. The molecule has 0 saturated carbocycles. The van der Waals surface area contributed by atoms with Crippen molar-refractivity contribution in [3.63, 3.8) is 0 Å². The van der Waals surface area contributed by atoms with Crippen LogP contribution < -0.4 is 0 Å². The minimum absolute atomic E-state index is 0.451. The Bertz CT molecular complexity index is 1050. The van der Waals surface area contributed by atoms with Crippen molar-refractivity contribution >= 4 is 45.0 Å². The topological polar surface area (TPSA) is 36.2 Å².